The highest BCUT2D eigenvalue weighted by Gasteiger charge is 2.33. The Labute approximate surface area is 112 Å². The van der Waals surface area contributed by atoms with Crippen LogP contribution in [0.25, 0.3) is 0 Å². The molecule has 1 rings (SSSR count). The van der Waals surface area contributed by atoms with Crippen molar-refractivity contribution in [2.45, 2.75) is 46.6 Å². The predicted octanol–water partition coefficient (Wildman–Crippen LogP) is 2.31. The van der Waals surface area contributed by atoms with Crippen molar-refractivity contribution in [2.24, 2.45) is 10.9 Å². The summed E-state index contributed by atoms with van der Waals surface area (Å²) in [5, 5.41) is 11.1. The van der Waals surface area contributed by atoms with Gasteiger partial charge in [0.25, 0.3) is 0 Å². The highest BCUT2D eigenvalue weighted by atomic mass is 16.6. The number of aliphatic imine (C=N–C) groups is 1. The Morgan fingerprint density at radius 3 is 2.37 bits per heavy atom. The first-order chi connectivity index (χ1) is 8.90. The zero-order valence-corrected chi connectivity index (χ0v) is 11.7. The van der Waals surface area contributed by atoms with E-state index in [4.69, 9.17) is 9.84 Å². The maximum absolute atomic E-state index is 11.8. The van der Waals surface area contributed by atoms with Crippen molar-refractivity contribution in [1.29, 1.82) is 0 Å². The fourth-order valence-corrected chi connectivity index (χ4v) is 1.91. The van der Waals surface area contributed by atoms with Crippen molar-refractivity contribution in [1.82, 2.24) is 5.32 Å². The van der Waals surface area contributed by atoms with Crippen LogP contribution in [0.3, 0.4) is 0 Å². The number of carbonyl (C=O) groups excluding carboxylic acids is 1. The number of esters is 1. The van der Waals surface area contributed by atoms with Gasteiger partial charge in [-0.1, -0.05) is 27.7 Å². The molecule has 0 bridgehead atoms. The van der Waals surface area contributed by atoms with Crippen molar-refractivity contribution in [3.05, 3.63) is 11.3 Å². The molecule has 0 aromatic carbocycles. The van der Waals surface area contributed by atoms with Gasteiger partial charge in [-0.3, -0.25) is 0 Å². The molecule has 0 saturated carbocycles. The van der Waals surface area contributed by atoms with E-state index in [0.717, 1.165) is 18.4 Å². The van der Waals surface area contributed by atoms with E-state index in [1.165, 1.54) is 0 Å². The molecule has 1 aliphatic rings. The molecule has 0 spiro atoms. The molecular weight excluding hydrogens is 248 g/mol. The monoisotopic (exact) mass is 268 g/mol. The summed E-state index contributed by atoms with van der Waals surface area (Å²) in [4.78, 5) is 26.7. The summed E-state index contributed by atoms with van der Waals surface area (Å²) in [6.45, 7) is 7.56. The Kier molecular flexibility index (Phi) is 5.09. The maximum Gasteiger partial charge on any atom is 0.405 e. The second-order valence-corrected chi connectivity index (χ2v) is 4.67. The van der Waals surface area contributed by atoms with Crippen molar-refractivity contribution >= 4 is 18.0 Å². The molecule has 6 nitrogen and oxygen atoms in total. The number of hydrogen-bond donors (Lipinski definition) is 2. The molecular formula is C13H20N2O4. The van der Waals surface area contributed by atoms with Crippen molar-refractivity contribution in [3.63, 3.8) is 0 Å². The number of amides is 1. The molecule has 1 heterocycles. The number of ether oxygens (including phenoxy) is 1. The highest BCUT2D eigenvalue weighted by molar-refractivity contribution is 6.07. The van der Waals surface area contributed by atoms with Crippen LogP contribution in [0.5, 0.6) is 0 Å². The molecule has 1 amide bonds. The van der Waals surface area contributed by atoms with Gasteiger partial charge in [-0.15, -0.1) is 0 Å². The Balaban J connectivity index is 3.07. The topological polar surface area (TPSA) is 88.0 Å². The fourth-order valence-electron chi connectivity index (χ4n) is 1.91. The lowest BCUT2D eigenvalue weighted by molar-refractivity contribution is -0.130. The number of nitrogens with one attached hydrogen (secondary N) is 1. The molecule has 6 heteroatoms. The van der Waals surface area contributed by atoms with Crippen LogP contribution < -0.4 is 5.32 Å². The Morgan fingerprint density at radius 1 is 1.37 bits per heavy atom. The number of cyclic esters (lactones) is 1. The SMILES string of the molecule is CCC(CC)=C1N=C(C(NC(=O)O)C(C)C)OC1=O. The summed E-state index contributed by atoms with van der Waals surface area (Å²) in [6.07, 6.45) is 0.272. The van der Waals surface area contributed by atoms with E-state index in [1.807, 2.05) is 27.7 Å². The van der Waals surface area contributed by atoms with Gasteiger partial charge in [0.1, 0.15) is 6.04 Å². The third-order valence-corrected chi connectivity index (χ3v) is 3.01. The molecule has 2 N–H and O–H groups in total. The van der Waals surface area contributed by atoms with Crippen LogP contribution in [0.15, 0.2) is 16.3 Å². The van der Waals surface area contributed by atoms with Crippen molar-refractivity contribution in [2.75, 3.05) is 0 Å². The van der Waals surface area contributed by atoms with E-state index in [1.54, 1.807) is 0 Å². The standard InChI is InChI=1S/C13H20N2O4/c1-5-8(6-2)10-12(16)19-11(14-10)9(7(3)4)15-13(17)18/h7,9,15H,5-6H2,1-4H3,(H,17,18). The minimum atomic E-state index is -1.17. The van der Waals surface area contributed by atoms with Crippen LogP contribution in [0, 0.1) is 5.92 Å². The molecule has 0 fully saturated rings. The number of rotatable bonds is 5. The van der Waals surface area contributed by atoms with E-state index in [9.17, 15) is 9.59 Å². The Hall–Kier alpha value is -1.85. The molecule has 0 aromatic rings. The van der Waals surface area contributed by atoms with Crippen LogP contribution >= 0.6 is 0 Å². The summed E-state index contributed by atoms with van der Waals surface area (Å²) in [7, 11) is 0. The van der Waals surface area contributed by atoms with Gasteiger partial charge in [0.2, 0.25) is 5.90 Å². The molecule has 0 radical (unpaired) electrons. The molecule has 1 unspecified atom stereocenters. The van der Waals surface area contributed by atoms with Gasteiger partial charge in [0, 0.05) is 0 Å². The van der Waals surface area contributed by atoms with Crippen molar-refractivity contribution < 1.29 is 19.4 Å². The minimum Gasteiger partial charge on any atom is -0.465 e. The van der Waals surface area contributed by atoms with Crippen LogP contribution in [0.1, 0.15) is 40.5 Å². The van der Waals surface area contributed by atoms with E-state index in [-0.39, 0.29) is 11.8 Å². The number of hydrogen-bond acceptors (Lipinski definition) is 4. The van der Waals surface area contributed by atoms with E-state index in [2.05, 4.69) is 10.3 Å². The van der Waals surface area contributed by atoms with Gasteiger partial charge in [-0.05, 0) is 24.3 Å². The third-order valence-electron chi connectivity index (χ3n) is 3.01. The first-order valence-electron chi connectivity index (χ1n) is 6.42. The summed E-state index contributed by atoms with van der Waals surface area (Å²) >= 11 is 0. The number of carboxylic acid groups (broad SMARTS) is 1. The van der Waals surface area contributed by atoms with Gasteiger partial charge in [-0.25, -0.2) is 14.6 Å². The maximum atomic E-state index is 11.8. The summed E-state index contributed by atoms with van der Waals surface area (Å²) in [6, 6.07) is -0.617. The summed E-state index contributed by atoms with van der Waals surface area (Å²) < 4.78 is 5.11. The van der Waals surface area contributed by atoms with Gasteiger partial charge in [0.15, 0.2) is 5.70 Å². The number of carbonyl (C=O) groups is 2. The van der Waals surface area contributed by atoms with Gasteiger partial charge in [-0.2, -0.15) is 0 Å². The molecule has 106 valence electrons. The molecule has 1 atom stereocenters. The first kappa shape index (κ1) is 15.2. The van der Waals surface area contributed by atoms with Crippen LogP contribution in [0.2, 0.25) is 0 Å². The minimum absolute atomic E-state index is 0.0614. The average molecular weight is 268 g/mol. The largest absolute Gasteiger partial charge is 0.465 e. The zero-order valence-electron chi connectivity index (χ0n) is 11.7. The normalized spacial score (nSPS) is 16.2. The lowest BCUT2D eigenvalue weighted by Gasteiger charge is -2.18. The Bertz CT molecular complexity index is 432. The molecule has 0 aliphatic carbocycles. The van der Waals surface area contributed by atoms with E-state index in [0.29, 0.717) is 5.70 Å². The second-order valence-electron chi connectivity index (χ2n) is 4.67. The first-order valence-corrected chi connectivity index (χ1v) is 6.42. The van der Waals surface area contributed by atoms with Gasteiger partial charge < -0.3 is 15.2 Å². The number of allylic oxidation sites excluding steroid dienone is 1. The molecule has 1 aliphatic heterocycles. The summed E-state index contributed by atoms with van der Waals surface area (Å²) in [5.74, 6) is -0.419. The quantitative estimate of drug-likeness (QED) is 0.591. The van der Waals surface area contributed by atoms with Crippen LogP contribution in [0.4, 0.5) is 4.79 Å². The molecule has 0 aromatic heterocycles. The van der Waals surface area contributed by atoms with Crippen LogP contribution in [-0.4, -0.2) is 29.1 Å². The summed E-state index contributed by atoms with van der Waals surface area (Å²) in [5.41, 5.74) is 1.23. The molecule has 19 heavy (non-hydrogen) atoms. The van der Waals surface area contributed by atoms with E-state index < -0.39 is 18.1 Å². The fraction of sp³-hybridized carbons (Fsp3) is 0.615. The van der Waals surface area contributed by atoms with Gasteiger partial charge in [0.05, 0.1) is 0 Å². The Morgan fingerprint density at radius 2 is 1.95 bits per heavy atom. The lowest BCUT2D eigenvalue weighted by Crippen LogP contribution is -2.44. The number of nitrogens with zero attached hydrogens (tertiary/aromatic N) is 1. The predicted molar refractivity (Wildman–Crippen MR) is 70.9 cm³/mol. The highest BCUT2D eigenvalue weighted by Crippen LogP contribution is 2.22. The zero-order chi connectivity index (χ0) is 14.6. The van der Waals surface area contributed by atoms with E-state index >= 15 is 0 Å². The smallest absolute Gasteiger partial charge is 0.405 e. The lowest BCUT2D eigenvalue weighted by atomic mass is 10.0. The second kappa shape index (κ2) is 6.36. The third kappa shape index (κ3) is 3.56. The average Bonchev–Trinajstić information content (AvgIpc) is 2.69. The van der Waals surface area contributed by atoms with Crippen molar-refractivity contribution in [3.8, 4) is 0 Å². The molecule has 0 saturated heterocycles. The van der Waals surface area contributed by atoms with Gasteiger partial charge >= 0.3 is 12.1 Å². The van der Waals surface area contributed by atoms with Crippen LogP contribution in [-0.2, 0) is 9.53 Å².